The summed E-state index contributed by atoms with van der Waals surface area (Å²) < 4.78 is 0. The molecule has 0 bridgehead atoms. The molecule has 1 aliphatic rings. The van der Waals surface area contributed by atoms with E-state index in [1.807, 2.05) is 0 Å². The lowest BCUT2D eigenvalue weighted by Crippen LogP contribution is -2.22. The highest BCUT2D eigenvalue weighted by Crippen LogP contribution is 2.18. The van der Waals surface area contributed by atoms with E-state index in [1.165, 1.54) is 0 Å². The summed E-state index contributed by atoms with van der Waals surface area (Å²) in [6, 6.07) is 1.69. The van der Waals surface area contributed by atoms with Crippen LogP contribution in [0.4, 0.5) is 5.82 Å². The summed E-state index contributed by atoms with van der Waals surface area (Å²) in [5.41, 5.74) is 0. The number of rotatable bonds is 1. The smallest absolute Gasteiger partial charge is 0.224 e. The van der Waals surface area contributed by atoms with Crippen LogP contribution in [-0.2, 0) is 0 Å². The maximum absolute atomic E-state index is 9.33. The van der Waals surface area contributed by atoms with Crippen molar-refractivity contribution in [3.8, 4) is 0 Å². The molecule has 2 atom stereocenters. The van der Waals surface area contributed by atoms with Crippen molar-refractivity contribution < 1.29 is 10.2 Å². The van der Waals surface area contributed by atoms with Crippen LogP contribution >= 0.6 is 11.6 Å². The quantitative estimate of drug-likeness (QED) is 0.628. The molecule has 0 radical (unpaired) electrons. The first kappa shape index (κ1) is 9.64. The third kappa shape index (κ3) is 1.79. The van der Waals surface area contributed by atoms with Crippen molar-refractivity contribution in [1.82, 2.24) is 9.97 Å². The van der Waals surface area contributed by atoms with Crippen LogP contribution in [-0.4, -0.2) is 45.5 Å². The van der Waals surface area contributed by atoms with Crippen LogP contribution in [0.25, 0.3) is 0 Å². The monoisotopic (exact) mass is 215 g/mol. The molecule has 0 spiro atoms. The molecule has 76 valence electrons. The zero-order valence-electron chi connectivity index (χ0n) is 7.34. The molecule has 2 N–H and O–H groups in total. The van der Waals surface area contributed by atoms with Gasteiger partial charge in [0.25, 0.3) is 0 Å². The molecule has 2 rings (SSSR count). The van der Waals surface area contributed by atoms with Gasteiger partial charge in [0, 0.05) is 19.3 Å². The number of aliphatic hydroxyl groups is 2. The average molecular weight is 216 g/mol. The van der Waals surface area contributed by atoms with E-state index < -0.39 is 12.2 Å². The van der Waals surface area contributed by atoms with Gasteiger partial charge in [-0.1, -0.05) is 0 Å². The topological polar surface area (TPSA) is 69.5 Å². The first-order valence-electron chi connectivity index (χ1n) is 4.26. The number of anilines is 1. The maximum atomic E-state index is 9.33. The fourth-order valence-electron chi connectivity index (χ4n) is 1.46. The lowest BCUT2D eigenvalue weighted by molar-refractivity contribution is 0.0572. The Morgan fingerprint density at radius 1 is 1.36 bits per heavy atom. The molecule has 0 aromatic carbocycles. The van der Waals surface area contributed by atoms with Gasteiger partial charge in [0.1, 0.15) is 5.82 Å². The fraction of sp³-hybridized carbons (Fsp3) is 0.500. The Morgan fingerprint density at radius 3 is 2.57 bits per heavy atom. The largest absolute Gasteiger partial charge is 0.389 e. The molecule has 14 heavy (non-hydrogen) atoms. The molecule has 1 aromatic rings. The van der Waals surface area contributed by atoms with Gasteiger partial charge in [0.2, 0.25) is 5.28 Å². The van der Waals surface area contributed by atoms with Crippen molar-refractivity contribution in [2.24, 2.45) is 0 Å². The van der Waals surface area contributed by atoms with Crippen LogP contribution in [0.2, 0.25) is 5.28 Å². The summed E-state index contributed by atoms with van der Waals surface area (Å²) in [6.07, 6.45) is 0.106. The van der Waals surface area contributed by atoms with E-state index >= 15 is 0 Å². The highest BCUT2D eigenvalue weighted by atomic mass is 35.5. The third-order valence-corrected chi connectivity index (χ3v) is 2.38. The molecule has 0 aliphatic carbocycles. The number of hydrogen-bond acceptors (Lipinski definition) is 5. The summed E-state index contributed by atoms with van der Waals surface area (Å²) in [5, 5.41) is 18.8. The van der Waals surface area contributed by atoms with Gasteiger partial charge >= 0.3 is 0 Å². The van der Waals surface area contributed by atoms with Crippen molar-refractivity contribution in [2.45, 2.75) is 12.2 Å². The van der Waals surface area contributed by atoms with E-state index in [1.54, 1.807) is 17.2 Å². The van der Waals surface area contributed by atoms with Crippen molar-refractivity contribution >= 4 is 17.4 Å². The van der Waals surface area contributed by atoms with Crippen LogP contribution in [0.1, 0.15) is 0 Å². The molecule has 0 amide bonds. The molecule has 0 unspecified atom stereocenters. The van der Waals surface area contributed by atoms with E-state index in [-0.39, 0.29) is 5.28 Å². The Hall–Kier alpha value is -0.910. The van der Waals surface area contributed by atoms with Gasteiger partial charge < -0.3 is 15.1 Å². The third-order valence-electron chi connectivity index (χ3n) is 2.19. The molecule has 0 saturated carbocycles. The van der Waals surface area contributed by atoms with Crippen LogP contribution in [0.15, 0.2) is 12.3 Å². The Labute approximate surface area is 86.0 Å². The number of aromatic nitrogens is 2. The molecule has 1 aliphatic heterocycles. The van der Waals surface area contributed by atoms with Gasteiger partial charge in [0.15, 0.2) is 0 Å². The predicted octanol–water partition coefficient (Wildman–Crippen LogP) is -0.328. The summed E-state index contributed by atoms with van der Waals surface area (Å²) >= 11 is 5.62. The lowest BCUT2D eigenvalue weighted by atomic mass is 10.3. The van der Waals surface area contributed by atoms with Crippen LogP contribution in [0, 0.1) is 0 Å². The van der Waals surface area contributed by atoms with Gasteiger partial charge in [-0.3, -0.25) is 0 Å². The summed E-state index contributed by atoms with van der Waals surface area (Å²) in [7, 11) is 0. The van der Waals surface area contributed by atoms with E-state index in [9.17, 15) is 10.2 Å². The standard InChI is InChI=1S/C8H10ClN3O2/c9-8-10-2-1-7(11-8)12-3-5(13)6(14)4-12/h1-2,5-6,13-14H,3-4H2/t5-,6-/m0/s1. The van der Waals surface area contributed by atoms with E-state index in [0.29, 0.717) is 18.9 Å². The molecule has 1 aromatic heterocycles. The van der Waals surface area contributed by atoms with Gasteiger partial charge in [-0.25, -0.2) is 9.97 Å². The predicted molar refractivity (Wildman–Crippen MR) is 51.3 cm³/mol. The van der Waals surface area contributed by atoms with Crippen molar-refractivity contribution in [2.75, 3.05) is 18.0 Å². The Bertz CT molecular complexity index is 326. The highest BCUT2D eigenvalue weighted by Gasteiger charge is 2.30. The minimum absolute atomic E-state index is 0.165. The normalized spacial score (nSPS) is 26.9. The van der Waals surface area contributed by atoms with E-state index in [4.69, 9.17) is 11.6 Å². The van der Waals surface area contributed by atoms with Gasteiger partial charge in [0.05, 0.1) is 12.2 Å². The molecule has 5 nitrogen and oxygen atoms in total. The highest BCUT2D eigenvalue weighted by molar-refractivity contribution is 6.28. The Morgan fingerprint density at radius 2 is 2.00 bits per heavy atom. The van der Waals surface area contributed by atoms with Crippen molar-refractivity contribution in [3.63, 3.8) is 0 Å². The zero-order chi connectivity index (χ0) is 10.1. The second-order valence-corrected chi connectivity index (χ2v) is 3.56. The lowest BCUT2D eigenvalue weighted by Gasteiger charge is -2.15. The molecular weight excluding hydrogens is 206 g/mol. The minimum atomic E-state index is -0.719. The van der Waals surface area contributed by atoms with Crippen LogP contribution < -0.4 is 4.90 Å². The van der Waals surface area contributed by atoms with Crippen molar-refractivity contribution in [3.05, 3.63) is 17.5 Å². The summed E-state index contributed by atoms with van der Waals surface area (Å²) in [6.45, 7) is 0.739. The number of aliphatic hydroxyl groups excluding tert-OH is 2. The maximum Gasteiger partial charge on any atom is 0.224 e. The SMILES string of the molecule is O[C@H]1CN(c2ccnc(Cl)n2)C[C@@H]1O. The van der Waals surface area contributed by atoms with Gasteiger partial charge in [-0.15, -0.1) is 0 Å². The van der Waals surface area contributed by atoms with Crippen molar-refractivity contribution in [1.29, 1.82) is 0 Å². The molecule has 1 fully saturated rings. The fourth-order valence-corrected chi connectivity index (χ4v) is 1.60. The number of hydrogen-bond donors (Lipinski definition) is 2. The first-order chi connectivity index (χ1) is 6.66. The second-order valence-electron chi connectivity index (χ2n) is 3.22. The number of halogens is 1. The molecule has 2 heterocycles. The summed E-state index contributed by atoms with van der Waals surface area (Å²) in [5.74, 6) is 0.626. The Kier molecular flexibility index (Phi) is 2.54. The number of β-amino-alcohol motifs (C(OH)–C–C–N with tert-alkyl or cyclic N) is 2. The van der Waals surface area contributed by atoms with E-state index in [0.717, 1.165) is 0 Å². The Balaban J connectivity index is 2.17. The van der Waals surface area contributed by atoms with Gasteiger partial charge in [-0.2, -0.15) is 0 Å². The molecular formula is C8H10ClN3O2. The molecule has 1 saturated heterocycles. The average Bonchev–Trinajstić information content (AvgIpc) is 2.47. The van der Waals surface area contributed by atoms with E-state index in [2.05, 4.69) is 9.97 Å². The number of nitrogens with zero attached hydrogens (tertiary/aromatic N) is 3. The summed E-state index contributed by atoms with van der Waals surface area (Å²) in [4.78, 5) is 9.50. The second kappa shape index (κ2) is 3.68. The van der Waals surface area contributed by atoms with Crippen LogP contribution in [0.5, 0.6) is 0 Å². The minimum Gasteiger partial charge on any atom is -0.389 e. The molecule has 6 heteroatoms. The van der Waals surface area contributed by atoms with Gasteiger partial charge in [-0.05, 0) is 17.7 Å². The zero-order valence-corrected chi connectivity index (χ0v) is 8.09. The van der Waals surface area contributed by atoms with Crippen LogP contribution in [0.3, 0.4) is 0 Å². The first-order valence-corrected chi connectivity index (χ1v) is 4.64.